The quantitative estimate of drug-likeness (QED) is 0.794. The molecule has 0 aliphatic heterocycles. The average molecular weight is 306 g/mol. The summed E-state index contributed by atoms with van der Waals surface area (Å²) in [6.07, 6.45) is 11.1. The molecule has 0 radical (unpaired) electrons. The van der Waals surface area contributed by atoms with Crippen molar-refractivity contribution in [3.8, 4) is 5.69 Å². The summed E-state index contributed by atoms with van der Waals surface area (Å²) < 4.78 is 1.83. The van der Waals surface area contributed by atoms with Crippen LogP contribution in [0.15, 0.2) is 42.7 Å². The Morgan fingerprint density at radius 2 is 1.65 bits per heavy atom. The van der Waals surface area contributed by atoms with Gasteiger partial charge in [-0.15, -0.1) is 0 Å². The molecule has 4 aliphatic rings. The summed E-state index contributed by atoms with van der Waals surface area (Å²) in [6, 6.07) is 9.90. The van der Waals surface area contributed by atoms with Crippen molar-refractivity contribution in [2.75, 3.05) is 0 Å². The van der Waals surface area contributed by atoms with Crippen LogP contribution in [0.1, 0.15) is 48.9 Å². The van der Waals surface area contributed by atoms with Crippen molar-refractivity contribution in [2.45, 2.75) is 38.5 Å². The van der Waals surface area contributed by atoms with Crippen molar-refractivity contribution in [2.24, 2.45) is 23.2 Å². The van der Waals surface area contributed by atoms with E-state index in [9.17, 15) is 4.79 Å². The minimum Gasteiger partial charge on any atom is -0.293 e. The first-order valence-corrected chi connectivity index (χ1v) is 8.87. The van der Waals surface area contributed by atoms with Gasteiger partial charge < -0.3 is 0 Å². The number of hydrogen-bond acceptors (Lipinski definition) is 2. The van der Waals surface area contributed by atoms with Crippen LogP contribution >= 0.6 is 0 Å². The Kier molecular flexibility index (Phi) is 2.82. The normalized spacial score (nSPS) is 34.7. The molecule has 23 heavy (non-hydrogen) atoms. The fourth-order valence-electron chi connectivity index (χ4n) is 5.95. The van der Waals surface area contributed by atoms with Crippen LogP contribution in [0.5, 0.6) is 0 Å². The predicted molar refractivity (Wildman–Crippen MR) is 88.5 cm³/mol. The van der Waals surface area contributed by atoms with Crippen molar-refractivity contribution < 1.29 is 4.79 Å². The van der Waals surface area contributed by atoms with Crippen LogP contribution in [-0.4, -0.2) is 15.6 Å². The first kappa shape index (κ1) is 13.5. The number of nitrogens with zero attached hydrogens (tertiary/aromatic N) is 2. The molecule has 0 amide bonds. The van der Waals surface area contributed by atoms with Gasteiger partial charge in [-0.05, 0) is 74.5 Å². The molecule has 1 aromatic heterocycles. The van der Waals surface area contributed by atoms with E-state index in [2.05, 4.69) is 5.10 Å². The maximum absolute atomic E-state index is 13.6. The molecule has 3 nitrogen and oxygen atoms in total. The predicted octanol–water partition coefficient (Wildman–Crippen LogP) is 4.27. The Balaban J connectivity index is 1.57. The largest absolute Gasteiger partial charge is 0.293 e. The highest BCUT2D eigenvalue weighted by molar-refractivity contribution is 6.03. The van der Waals surface area contributed by atoms with Crippen LogP contribution in [0.3, 0.4) is 0 Å². The lowest BCUT2D eigenvalue weighted by Crippen LogP contribution is -2.50. The molecule has 0 N–H and O–H groups in total. The molecule has 4 fully saturated rings. The van der Waals surface area contributed by atoms with Gasteiger partial charge in [0.2, 0.25) is 0 Å². The lowest BCUT2D eigenvalue weighted by Gasteiger charge is -2.56. The molecule has 0 atom stereocenters. The third-order valence-electron chi connectivity index (χ3n) is 6.42. The summed E-state index contributed by atoms with van der Waals surface area (Å²) in [5.41, 5.74) is 1.70. The van der Waals surface area contributed by atoms with Crippen molar-refractivity contribution >= 4 is 5.78 Å². The number of rotatable bonds is 3. The minimum absolute atomic E-state index is 0.0853. The molecule has 4 bridgehead atoms. The SMILES string of the molecule is O=C(c1ccccc1-n1cccn1)C12CC3CC(CC(C3)C1)C2. The molecule has 1 heterocycles. The first-order chi connectivity index (χ1) is 11.2. The highest BCUT2D eigenvalue weighted by Crippen LogP contribution is 2.61. The second kappa shape index (κ2) is 4.80. The van der Waals surface area contributed by atoms with Gasteiger partial charge in [0.05, 0.1) is 5.69 Å². The van der Waals surface area contributed by atoms with Gasteiger partial charge in [-0.25, -0.2) is 4.68 Å². The monoisotopic (exact) mass is 306 g/mol. The van der Waals surface area contributed by atoms with E-state index < -0.39 is 0 Å². The van der Waals surface area contributed by atoms with Crippen LogP contribution in [-0.2, 0) is 0 Å². The fourth-order valence-corrected chi connectivity index (χ4v) is 5.95. The standard InChI is InChI=1S/C20H22N2O/c23-19(17-4-1-2-5-18(17)22-7-3-6-21-22)20-11-14-8-15(12-20)10-16(9-14)13-20/h1-7,14-16H,8-13H2. The van der Waals surface area contributed by atoms with Crippen molar-refractivity contribution in [3.63, 3.8) is 0 Å². The molecule has 4 saturated carbocycles. The number of aromatic nitrogens is 2. The van der Waals surface area contributed by atoms with Crippen molar-refractivity contribution in [1.29, 1.82) is 0 Å². The number of benzene rings is 1. The van der Waals surface area contributed by atoms with Crippen LogP contribution in [0.2, 0.25) is 0 Å². The maximum Gasteiger partial charge on any atom is 0.171 e. The molecule has 2 aromatic rings. The minimum atomic E-state index is -0.0853. The first-order valence-electron chi connectivity index (χ1n) is 8.87. The van der Waals surface area contributed by atoms with E-state index in [1.165, 1.54) is 19.3 Å². The summed E-state index contributed by atoms with van der Waals surface area (Å²) in [7, 11) is 0. The van der Waals surface area contributed by atoms with Gasteiger partial charge in [0.25, 0.3) is 0 Å². The third-order valence-corrected chi connectivity index (χ3v) is 6.42. The molecule has 0 unspecified atom stereocenters. The molecule has 6 rings (SSSR count). The molecule has 0 saturated heterocycles. The summed E-state index contributed by atoms with van der Waals surface area (Å²) in [5.74, 6) is 2.76. The van der Waals surface area contributed by atoms with Crippen LogP contribution in [0, 0.1) is 23.2 Å². The van der Waals surface area contributed by atoms with Gasteiger partial charge in [-0.3, -0.25) is 4.79 Å². The van der Waals surface area contributed by atoms with E-state index in [1.54, 1.807) is 6.20 Å². The summed E-state index contributed by atoms with van der Waals surface area (Å²) in [4.78, 5) is 13.6. The average Bonchev–Trinajstić information content (AvgIpc) is 3.07. The van der Waals surface area contributed by atoms with Gasteiger partial charge in [0.1, 0.15) is 0 Å². The maximum atomic E-state index is 13.6. The summed E-state index contributed by atoms with van der Waals surface area (Å²) in [5, 5.41) is 4.34. The van der Waals surface area contributed by atoms with Crippen LogP contribution < -0.4 is 0 Å². The van der Waals surface area contributed by atoms with Crippen LogP contribution in [0.4, 0.5) is 0 Å². The lowest BCUT2D eigenvalue weighted by molar-refractivity contribution is -0.0353. The zero-order valence-corrected chi connectivity index (χ0v) is 13.3. The van der Waals surface area contributed by atoms with E-state index >= 15 is 0 Å². The zero-order chi connectivity index (χ0) is 15.4. The molecule has 0 spiro atoms. The smallest absolute Gasteiger partial charge is 0.171 e. The number of Topliss-reactive ketones (excluding diaryl/α,β-unsaturated/α-hetero) is 1. The number of para-hydroxylation sites is 1. The number of carbonyl (C=O) groups excluding carboxylic acids is 1. The Hall–Kier alpha value is -1.90. The molecule has 1 aromatic carbocycles. The zero-order valence-electron chi connectivity index (χ0n) is 13.3. The van der Waals surface area contributed by atoms with E-state index in [4.69, 9.17) is 0 Å². The number of hydrogen-bond donors (Lipinski definition) is 0. The highest BCUT2D eigenvalue weighted by atomic mass is 16.1. The second-order valence-electron chi connectivity index (χ2n) is 7.99. The topological polar surface area (TPSA) is 34.9 Å². The highest BCUT2D eigenvalue weighted by Gasteiger charge is 2.54. The Bertz CT molecular complexity index is 711. The Labute approximate surface area is 136 Å². The molecule has 118 valence electrons. The fraction of sp³-hybridized carbons (Fsp3) is 0.500. The van der Waals surface area contributed by atoms with E-state index in [-0.39, 0.29) is 5.41 Å². The van der Waals surface area contributed by atoms with E-state index in [0.29, 0.717) is 5.78 Å². The Morgan fingerprint density at radius 1 is 1.00 bits per heavy atom. The second-order valence-corrected chi connectivity index (χ2v) is 7.99. The molecular formula is C20H22N2O. The number of ketones is 1. The molecule has 3 heteroatoms. The lowest BCUT2D eigenvalue weighted by atomic mass is 9.48. The molecule has 4 aliphatic carbocycles. The van der Waals surface area contributed by atoms with Crippen molar-refractivity contribution in [3.05, 3.63) is 48.3 Å². The van der Waals surface area contributed by atoms with Gasteiger partial charge in [-0.2, -0.15) is 5.10 Å². The van der Waals surface area contributed by atoms with Gasteiger partial charge in [-0.1, -0.05) is 12.1 Å². The Morgan fingerprint density at radius 3 is 2.26 bits per heavy atom. The van der Waals surface area contributed by atoms with E-state index in [0.717, 1.165) is 48.3 Å². The van der Waals surface area contributed by atoms with Gasteiger partial charge in [0.15, 0.2) is 5.78 Å². The van der Waals surface area contributed by atoms with Gasteiger partial charge in [0, 0.05) is 23.4 Å². The van der Waals surface area contributed by atoms with Crippen LogP contribution in [0.25, 0.3) is 5.69 Å². The summed E-state index contributed by atoms with van der Waals surface area (Å²) in [6.45, 7) is 0. The van der Waals surface area contributed by atoms with Crippen molar-refractivity contribution in [1.82, 2.24) is 9.78 Å². The van der Waals surface area contributed by atoms with Gasteiger partial charge >= 0.3 is 0 Å². The third kappa shape index (κ3) is 2.02. The summed E-state index contributed by atoms with van der Waals surface area (Å²) >= 11 is 0. The number of carbonyl (C=O) groups is 1. The molecular weight excluding hydrogens is 284 g/mol. The van der Waals surface area contributed by atoms with E-state index in [1.807, 2.05) is 41.2 Å².